The second kappa shape index (κ2) is 12.4. The topological polar surface area (TPSA) is 38.3 Å². The van der Waals surface area contributed by atoms with E-state index in [1.165, 1.54) is 45.1 Å². The van der Waals surface area contributed by atoms with E-state index in [9.17, 15) is 4.79 Å². The van der Waals surface area contributed by atoms with Gasteiger partial charge in [0.25, 0.3) is 0 Å². The van der Waals surface area contributed by atoms with Gasteiger partial charge in [0.15, 0.2) is 0 Å². The highest BCUT2D eigenvalue weighted by atomic mass is 28.3. The van der Waals surface area contributed by atoms with Crippen molar-refractivity contribution >= 4 is 14.2 Å². The van der Waals surface area contributed by atoms with Crippen LogP contribution in [0.4, 0.5) is 0 Å². The third-order valence-corrected chi connectivity index (χ3v) is 4.58. The van der Waals surface area contributed by atoms with E-state index in [4.69, 9.17) is 4.74 Å². The highest BCUT2D eigenvalue weighted by Gasteiger charge is 2.10. The van der Waals surface area contributed by atoms with Crippen LogP contribution in [0.3, 0.4) is 0 Å². The van der Waals surface area contributed by atoms with Gasteiger partial charge in [0.05, 0.1) is 6.61 Å². The van der Waals surface area contributed by atoms with Gasteiger partial charge in [-0.05, 0) is 26.3 Å². The maximum absolute atomic E-state index is 11.1. The molecule has 120 valence electrons. The summed E-state index contributed by atoms with van der Waals surface area (Å²) in [5.41, 5.74) is 0. The highest BCUT2D eigenvalue weighted by molar-refractivity contribution is 6.73. The molecule has 0 saturated carbocycles. The molecule has 3 nitrogen and oxygen atoms in total. The Kier molecular flexibility index (Phi) is 12.2. The molecule has 0 spiro atoms. The molecular formula is C16H35NO2Si. The number of rotatable bonds is 13. The summed E-state index contributed by atoms with van der Waals surface area (Å²) in [7, 11) is -1.05. The summed E-state index contributed by atoms with van der Waals surface area (Å²) in [6.45, 7) is 10.6. The first-order valence-electron chi connectivity index (χ1n) is 8.36. The van der Waals surface area contributed by atoms with Gasteiger partial charge in [-0.1, -0.05) is 58.2 Å². The number of hydrogen-bond acceptors (Lipinski definition) is 3. The van der Waals surface area contributed by atoms with Crippen LogP contribution in [0.2, 0.25) is 19.6 Å². The van der Waals surface area contributed by atoms with E-state index in [0.717, 1.165) is 12.8 Å². The minimum absolute atomic E-state index is 0.0394. The molecule has 0 aromatic carbocycles. The Balaban J connectivity index is 3.12. The molecule has 0 aliphatic heterocycles. The van der Waals surface area contributed by atoms with Crippen LogP contribution in [-0.2, 0) is 9.53 Å². The van der Waals surface area contributed by atoms with Crippen molar-refractivity contribution in [1.29, 1.82) is 0 Å². The van der Waals surface area contributed by atoms with Crippen LogP contribution in [0.15, 0.2) is 0 Å². The van der Waals surface area contributed by atoms with Gasteiger partial charge in [0, 0.05) is 6.42 Å². The van der Waals surface area contributed by atoms with Gasteiger partial charge >= 0.3 is 5.97 Å². The number of nitrogens with one attached hydrogen (secondary N) is 1. The molecule has 0 aliphatic rings. The third kappa shape index (κ3) is 15.7. The van der Waals surface area contributed by atoms with Crippen LogP contribution >= 0.6 is 0 Å². The van der Waals surface area contributed by atoms with Crippen molar-refractivity contribution in [1.82, 2.24) is 4.98 Å². The largest absolute Gasteiger partial charge is 0.466 e. The molecule has 0 bridgehead atoms. The quantitative estimate of drug-likeness (QED) is 0.309. The summed E-state index contributed by atoms with van der Waals surface area (Å²) in [5.74, 6) is -0.0394. The molecule has 0 unspecified atom stereocenters. The van der Waals surface area contributed by atoms with E-state index in [1.54, 1.807) is 0 Å². The highest BCUT2D eigenvalue weighted by Crippen LogP contribution is 2.10. The maximum atomic E-state index is 11.1. The van der Waals surface area contributed by atoms with Crippen LogP contribution in [0.25, 0.3) is 0 Å². The molecule has 20 heavy (non-hydrogen) atoms. The monoisotopic (exact) mass is 301 g/mol. The normalized spacial score (nSPS) is 11.6. The molecule has 0 atom stereocenters. The zero-order valence-electron chi connectivity index (χ0n) is 14.1. The standard InChI is InChI=1S/C16H35NO2Si/c1-5-19-16(18)14-12-10-8-6-7-9-11-13-15-17-20(2,3)4/h17H,5-15H2,1-4H3. The van der Waals surface area contributed by atoms with E-state index >= 15 is 0 Å². The summed E-state index contributed by atoms with van der Waals surface area (Å²) in [5, 5.41) is 0. The van der Waals surface area contributed by atoms with E-state index < -0.39 is 8.24 Å². The predicted molar refractivity (Wildman–Crippen MR) is 89.5 cm³/mol. The number of unbranched alkanes of at least 4 members (excludes halogenated alkanes) is 7. The van der Waals surface area contributed by atoms with Gasteiger partial charge < -0.3 is 9.72 Å². The summed E-state index contributed by atoms with van der Waals surface area (Å²) in [4.78, 5) is 14.8. The van der Waals surface area contributed by atoms with Crippen molar-refractivity contribution in [3.8, 4) is 0 Å². The Morgan fingerprint density at radius 1 is 0.900 bits per heavy atom. The average molecular weight is 302 g/mol. The van der Waals surface area contributed by atoms with Crippen molar-refractivity contribution in [3.63, 3.8) is 0 Å². The molecular weight excluding hydrogens is 266 g/mol. The minimum atomic E-state index is -1.05. The first-order valence-corrected chi connectivity index (χ1v) is 11.9. The Morgan fingerprint density at radius 2 is 1.40 bits per heavy atom. The lowest BCUT2D eigenvalue weighted by atomic mass is 10.1. The second-order valence-corrected chi connectivity index (χ2v) is 11.4. The Labute approximate surface area is 126 Å². The minimum Gasteiger partial charge on any atom is -0.466 e. The van der Waals surface area contributed by atoms with Crippen LogP contribution in [0.1, 0.15) is 64.7 Å². The Bertz CT molecular complexity index is 239. The van der Waals surface area contributed by atoms with E-state index in [-0.39, 0.29) is 5.97 Å². The van der Waals surface area contributed by atoms with E-state index in [2.05, 4.69) is 24.6 Å². The lowest BCUT2D eigenvalue weighted by molar-refractivity contribution is -0.143. The molecule has 0 saturated heterocycles. The van der Waals surface area contributed by atoms with Crippen LogP contribution < -0.4 is 4.98 Å². The van der Waals surface area contributed by atoms with Crippen molar-refractivity contribution in [2.45, 2.75) is 84.4 Å². The fourth-order valence-electron chi connectivity index (χ4n) is 2.15. The third-order valence-electron chi connectivity index (χ3n) is 3.27. The lowest BCUT2D eigenvalue weighted by Crippen LogP contribution is -2.41. The van der Waals surface area contributed by atoms with Crippen LogP contribution in [0, 0.1) is 0 Å². The molecule has 0 amide bonds. The van der Waals surface area contributed by atoms with Gasteiger partial charge in [0.2, 0.25) is 0 Å². The van der Waals surface area contributed by atoms with E-state index in [1.807, 2.05) is 6.92 Å². The molecule has 0 aromatic heterocycles. The predicted octanol–water partition coefficient (Wildman–Crippen LogP) is 4.48. The zero-order chi connectivity index (χ0) is 15.3. The number of carbonyl (C=O) groups is 1. The van der Waals surface area contributed by atoms with Gasteiger partial charge in [0.1, 0.15) is 8.24 Å². The zero-order valence-corrected chi connectivity index (χ0v) is 15.1. The summed E-state index contributed by atoms with van der Waals surface area (Å²) < 4.78 is 4.91. The van der Waals surface area contributed by atoms with Gasteiger partial charge in [-0.25, -0.2) is 0 Å². The van der Waals surface area contributed by atoms with Crippen LogP contribution in [-0.4, -0.2) is 27.4 Å². The Hall–Kier alpha value is -0.353. The van der Waals surface area contributed by atoms with Crippen molar-refractivity contribution in [2.75, 3.05) is 13.2 Å². The number of carbonyl (C=O) groups excluding carboxylic acids is 1. The maximum Gasteiger partial charge on any atom is 0.305 e. The van der Waals surface area contributed by atoms with Crippen molar-refractivity contribution in [2.24, 2.45) is 0 Å². The smallest absolute Gasteiger partial charge is 0.305 e. The molecule has 4 heteroatoms. The fourth-order valence-corrected chi connectivity index (χ4v) is 3.08. The first kappa shape index (κ1) is 19.6. The number of esters is 1. The molecule has 1 N–H and O–H groups in total. The average Bonchev–Trinajstić information content (AvgIpc) is 2.35. The van der Waals surface area contributed by atoms with Crippen LogP contribution in [0.5, 0.6) is 0 Å². The summed E-state index contributed by atoms with van der Waals surface area (Å²) in [6, 6.07) is 0. The van der Waals surface area contributed by atoms with E-state index in [0.29, 0.717) is 13.0 Å². The van der Waals surface area contributed by atoms with Gasteiger partial charge in [-0.3, -0.25) is 4.79 Å². The molecule has 0 aliphatic carbocycles. The van der Waals surface area contributed by atoms with Gasteiger partial charge in [-0.15, -0.1) is 0 Å². The van der Waals surface area contributed by atoms with Crippen molar-refractivity contribution < 1.29 is 9.53 Å². The molecule has 0 radical (unpaired) electrons. The van der Waals surface area contributed by atoms with Crippen molar-refractivity contribution in [3.05, 3.63) is 0 Å². The lowest BCUT2D eigenvalue weighted by Gasteiger charge is -2.17. The molecule has 0 heterocycles. The fraction of sp³-hybridized carbons (Fsp3) is 0.938. The SMILES string of the molecule is CCOC(=O)CCCCCCCCCCN[Si](C)(C)C. The molecule has 0 rings (SSSR count). The number of ether oxygens (including phenoxy) is 1. The Morgan fingerprint density at radius 3 is 1.90 bits per heavy atom. The summed E-state index contributed by atoms with van der Waals surface area (Å²) >= 11 is 0. The summed E-state index contributed by atoms with van der Waals surface area (Å²) in [6.07, 6.45) is 10.7. The second-order valence-electron chi connectivity index (χ2n) is 6.56. The molecule has 0 fully saturated rings. The molecule has 0 aromatic rings. The first-order chi connectivity index (χ1) is 9.45. The number of hydrogen-bond donors (Lipinski definition) is 1. The van der Waals surface area contributed by atoms with Gasteiger partial charge in [-0.2, -0.15) is 0 Å².